The van der Waals surface area contributed by atoms with Crippen LogP contribution in [-0.4, -0.2) is 12.1 Å². The predicted octanol–water partition coefficient (Wildman–Crippen LogP) is 8.36. The first kappa shape index (κ1) is 26.7. The molecule has 3 atom stereocenters. The number of rotatable bonds is 14. The third kappa shape index (κ3) is 8.12. The third-order valence-corrected chi connectivity index (χ3v) is 7.59. The van der Waals surface area contributed by atoms with Crippen LogP contribution in [0.1, 0.15) is 116 Å². The van der Waals surface area contributed by atoms with Crippen LogP contribution in [-0.2, 0) is 11.2 Å². The van der Waals surface area contributed by atoms with E-state index in [4.69, 9.17) is 9.47 Å². The lowest BCUT2D eigenvalue weighted by molar-refractivity contribution is -0.120. The summed E-state index contributed by atoms with van der Waals surface area (Å²) in [7, 11) is 0. The molecule has 1 aromatic carbocycles. The van der Waals surface area contributed by atoms with E-state index in [2.05, 4.69) is 41.5 Å². The highest BCUT2D eigenvalue weighted by atomic mass is 16.5. The van der Waals surface area contributed by atoms with Crippen LogP contribution in [0, 0.1) is 31.6 Å². The van der Waals surface area contributed by atoms with Crippen LogP contribution in [0.2, 0.25) is 0 Å². The van der Waals surface area contributed by atoms with Crippen LogP contribution >= 0.6 is 0 Å². The maximum Gasteiger partial charge on any atom is 0.298 e. The maximum absolute atomic E-state index is 10.8. The number of hydrogen-bond donors (Lipinski definition) is 0. The van der Waals surface area contributed by atoms with Gasteiger partial charge >= 0.3 is 0 Å². The quantitative estimate of drug-likeness (QED) is 0.270. The lowest BCUT2D eigenvalue weighted by Crippen LogP contribution is -2.36. The van der Waals surface area contributed by atoms with Crippen LogP contribution in [0.15, 0.2) is 6.07 Å². The van der Waals surface area contributed by atoms with Crippen molar-refractivity contribution in [2.24, 2.45) is 17.8 Å². The minimum Gasteiger partial charge on any atom is -0.487 e. The minimum absolute atomic E-state index is 0.0954. The third-order valence-electron chi connectivity index (χ3n) is 7.59. The highest BCUT2D eigenvalue weighted by Gasteiger charge is 2.33. The van der Waals surface area contributed by atoms with E-state index in [1.165, 1.54) is 56.9 Å². The van der Waals surface area contributed by atoms with E-state index < -0.39 is 0 Å². The van der Waals surface area contributed by atoms with E-state index in [0.717, 1.165) is 53.9 Å². The largest absolute Gasteiger partial charge is 0.487 e. The Kier molecular flexibility index (Phi) is 10.6. The fraction of sp³-hybridized carbons (Fsp3) is 0.759. The van der Waals surface area contributed by atoms with Gasteiger partial charge in [0.25, 0.3) is 6.47 Å². The molecule has 0 amide bonds. The summed E-state index contributed by atoms with van der Waals surface area (Å²) in [6.07, 6.45) is 13.9. The molecule has 3 nitrogen and oxygen atoms in total. The fourth-order valence-corrected chi connectivity index (χ4v) is 5.11. The molecule has 3 heteroatoms. The van der Waals surface area contributed by atoms with Gasteiger partial charge in [0.15, 0.2) is 0 Å². The second kappa shape index (κ2) is 12.7. The van der Waals surface area contributed by atoms with Crippen molar-refractivity contribution in [1.82, 2.24) is 0 Å². The van der Waals surface area contributed by atoms with E-state index in [1.54, 1.807) is 0 Å². The molecule has 0 saturated heterocycles. The van der Waals surface area contributed by atoms with E-state index in [-0.39, 0.29) is 5.60 Å². The Morgan fingerprint density at radius 2 is 1.56 bits per heavy atom. The average molecular weight is 445 g/mol. The minimum atomic E-state index is -0.0954. The molecule has 1 heterocycles. The number of aryl methyl sites for hydroxylation is 1. The van der Waals surface area contributed by atoms with Gasteiger partial charge in [-0.3, -0.25) is 4.79 Å². The van der Waals surface area contributed by atoms with Gasteiger partial charge in [-0.25, -0.2) is 0 Å². The first-order valence-electron chi connectivity index (χ1n) is 13.1. The summed E-state index contributed by atoms with van der Waals surface area (Å²) in [6, 6.07) is 1.98. The molecule has 0 aromatic heterocycles. The Bertz CT molecular complexity index is 724. The van der Waals surface area contributed by atoms with Gasteiger partial charge in [-0.15, -0.1) is 0 Å². The van der Waals surface area contributed by atoms with Crippen molar-refractivity contribution in [2.45, 2.75) is 125 Å². The molecule has 1 aliphatic heterocycles. The van der Waals surface area contributed by atoms with Crippen molar-refractivity contribution in [1.29, 1.82) is 0 Å². The van der Waals surface area contributed by atoms with E-state index in [1.807, 2.05) is 13.0 Å². The zero-order valence-electron chi connectivity index (χ0n) is 21.9. The van der Waals surface area contributed by atoms with Crippen molar-refractivity contribution >= 4 is 6.47 Å². The van der Waals surface area contributed by atoms with Gasteiger partial charge in [0, 0.05) is 0 Å². The second-order valence-electron chi connectivity index (χ2n) is 11.2. The summed E-state index contributed by atoms with van der Waals surface area (Å²) >= 11 is 0. The molecule has 1 aromatic rings. The summed E-state index contributed by atoms with van der Waals surface area (Å²) in [5, 5.41) is 0. The summed E-state index contributed by atoms with van der Waals surface area (Å²) in [5.74, 6) is 4.18. The van der Waals surface area contributed by atoms with Crippen LogP contribution < -0.4 is 9.47 Å². The Hall–Kier alpha value is -1.51. The Morgan fingerprint density at radius 3 is 2.16 bits per heavy atom. The number of hydrogen-bond acceptors (Lipinski definition) is 3. The van der Waals surface area contributed by atoms with Gasteiger partial charge in [0.1, 0.15) is 17.1 Å². The fourth-order valence-electron chi connectivity index (χ4n) is 5.11. The number of benzene rings is 1. The topological polar surface area (TPSA) is 35.5 Å². The van der Waals surface area contributed by atoms with Gasteiger partial charge in [0.2, 0.25) is 0 Å². The van der Waals surface area contributed by atoms with E-state index >= 15 is 0 Å². The average Bonchev–Trinajstić information content (AvgIpc) is 2.72. The summed E-state index contributed by atoms with van der Waals surface area (Å²) in [5.41, 5.74) is 3.16. The predicted molar refractivity (Wildman–Crippen MR) is 135 cm³/mol. The molecule has 0 N–H and O–H groups in total. The van der Waals surface area contributed by atoms with Gasteiger partial charge in [-0.1, -0.05) is 72.6 Å². The van der Waals surface area contributed by atoms with Crippen molar-refractivity contribution in [3.8, 4) is 11.5 Å². The molecule has 0 bridgehead atoms. The molecule has 1 aliphatic rings. The molecule has 2 rings (SSSR count). The maximum atomic E-state index is 10.8. The normalized spacial score (nSPS) is 19.9. The van der Waals surface area contributed by atoms with Crippen molar-refractivity contribution in [2.75, 3.05) is 0 Å². The first-order valence-corrected chi connectivity index (χ1v) is 13.1. The summed E-state index contributed by atoms with van der Waals surface area (Å²) in [6.45, 7) is 16.4. The lowest BCUT2D eigenvalue weighted by Gasteiger charge is -2.37. The number of carbonyl (C=O) groups excluding carboxylic acids is 1. The SMILES string of the molecule is Cc1c(OC=O)cc2c(c1C)OC(C)(CCCC(C)CCCC(C)CCCC(C)C)CC2. The molecule has 0 fully saturated rings. The Balaban J connectivity index is 1.74. The van der Waals surface area contributed by atoms with Crippen molar-refractivity contribution < 1.29 is 14.3 Å². The second-order valence-corrected chi connectivity index (χ2v) is 11.2. The molecule has 182 valence electrons. The van der Waals surface area contributed by atoms with Gasteiger partial charge in [0.05, 0.1) is 0 Å². The molecule has 32 heavy (non-hydrogen) atoms. The molecule has 0 aliphatic carbocycles. The van der Waals surface area contributed by atoms with Crippen molar-refractivity contribution in [3.05, 3.63) is 22.8 Å². The molecule has 0 saturated carbocycles. The van der Waals surface area contributed by atoms with E-state index in [9.17, 15) is 4.79 Å². The highest BCUT2D eigenvalue weighted by Crippen LogP contribution is 2.42. The van der Waals surface area contributed by atoms with Crippen molar-refractivity contribution in [3.63, 3.8) is 0 Å². The zero-order valence-corrected chi connectivity index (χ0v) is 21.9. The monoisotopic (exact) mass is 444 g/mol. The number of carbonyl (C=O) groups is 1. The molecule has 0 spiro atoms. The van der Waals surface area contributed by atoms with Gasteiger partial charge in [-0.05, 0) is 87.0 Å². The molecular formula is C29H48O3. The zero-order chi connectivity index (χ0) is 23.7. The molecular weight excluding hydrogens is 396 g/mol. The molecule has 0 radical (unpaired) electrons. The first-order chi connectivity index (χ1) is 15.1. The van der Waals surface area contributed by atoms with Gasteiger partial charge in [-0.2, -0.15) is 0 Å². The van der Waals surface area contributed by atoms with Crippen LogP contribution in [0.3, 0.4) is 0 Å². The van der Waals surface area contributed by atoms with E-state index in [0.29, 0.717) is 12.2 Å². The van der Waals surface area contributed by atoms with Crippen LogP contribution in [0.5, 0.6) is 11.5 Å². The lowest BCUT2D eigenvalue weighted by atomic mass is 9.85. The Labute approximate surface area is 197 Å². The number of fused-ring (bicyclic) bond motifs is 1. The Morgan fingerprint density at radius 1 is 0.969 bits per heavy atom. The smallest absolute Gasteiger partial charge is 0.298 e. The van der Waals surface area contributed by atoms with Crippen LogP contribution in [0.4, 0.5) is 0 Å². The highest BCUT2D eigenvalue weighted by molar-refractivity contribution is 5.57. The van der Waals surface area contributed by atoms with Gasteiger partial charge < -0.3 is 9.47 Å². The summed E-state index contributed by atoms with van der Waals surface area (Å²) in [4.78, 5) is 10.8. The van der Waals surface area contributed by atoms with Crippen LogP contribution in [0.25, 0.3) is 0 Å². The molecule has 3 unspecified atom stereocenters. The standard InChI is InChI=1S/C29H48O3/c1-21(2)11-8-12-22(3)13-9-14-23(4)15-10-17-29(7)18-16-26-19-27(31-20-30)24(5)25(6)28(26)32-29/h19-23H,8-18H2,1-7H3. The summed E-state index contributed by atoms with van der Waals surface area (Å²) < 4.78 is 11.7. The number of ether oxygens (including phenoxy) is 2.